The van der Waals surface area contributed by atoms with Crippen molar-refractivity contribution in [3.63, 3.8) is 0 Å². The number of hydrogen-bond donors (Lipinski definition) is 0. The van der Waals surface area contributed by atoms with Crippen molar-refractivity contribution in [1.29, 1.82) is 0 Å². The van der Waals surface area contributed by atoms with E-state index in [4.69, 9.17) is 5.71 Å². The molecule has 0 aliphatic rings. The van der Waals surface area contributed by atoms with Crippen molar-refractivity contribution in [3.05, 3.63) is 0 Å². The fourth-order valence-electron chi connectivity index (χ4n) is 0.0962. The van der Waals surface area contributed by atoms with Crippen LogP contribution in [0.2, 0.25) is 4.68 Å². The van der Waals surface area contributed by atoms with Gasteiger partial charge in [0.15, 0.2) is 0 Å². The summed E-state index contributed by atoms with van der Waals surface area (Å²) < 4.78 is 11.8. The van der Waals surface area contributed by atoms with Crippen LogP contribution >= 0.6 is 0 Å². The van der Waals surface area contributed by atoms with Crippen LogP contribution in [0.1, 0.15) is 0 Å². The minimum absolute atomic E-state index is 1.70. The normalized spacial score (nSPS) is 8.50. The quantitative estimate of drug-likeness (QED) is 0.630. The van der Waals surface area contributed by atoms with Crippen LogP contribution in [0, 0.1) is 0 Å². The van der Waals surface area contributed by atoms with Crippen LogP contribution in [-0.4, -0.2) is 36.5 Å². The summed E-state index contributed by atoms with van der Waals surface area (Å²) in [6.45, 7) is 0. The fourth-order valence-corrected chi connectivity index (χ4v) is 0.645. The Morgan fingerprint density at radius 2 is 1.50 bits per heavy atom. The Balaban J connectivity index is 2.75. The van der Waals surface area contributed by atoms with E-state index in [0.29, 0.717) is 0 Å². The zero-order valence-electron chi connectivity index (χ0n) is 4.39. The first-order valence-electron chi connectivity index (χ1n) is 1.87. The average molecular weight is 192 g/mol. The van der Waals surface area contributed by atoms with Gasteiger partial charge in [-0.25, -0.2) is 0 Å². The van der Waals surface area contributed by atoms with Gasteiger partial charge in [0.05, 0.1) is 0 Å². The first kappa shape index (κ1) is 6.79. The van der Waals surface area contributed by atoms with Crippen LogP contribution in [0.15, 0.2) is 0 Å². The summed E-state index contributed by atoms with van der Waals surface area (Å²) in [6.07, 6.45) is 0. The molecule has 0 aromatic carbocycles. The van der Waals surface area contributed by atoms with Gasteiger partial charge in [-0.3, -0.25) is 0 Å². The Bertz CT molecular complexity index is 28.0. The fraction of sp³-hybridized carbons (Fsp3) is 1.00. The molecule has 0 rings (SSSR count). The van der Waals surface area contributed by atoms with Crippen molar-refractivity contribution < 1.29 is 5.71 Å². The molecule has 0 heterocycles. The molecular weight excluding hydrogens is 183 g/mol. The standard InChI is InChI=1S/2CH3O.CH3.In/c2*1-2;;/h2*1H3;1H3;/q2*-1;;+2. The zero-order chi connectivity index (χ0) is 4.99. The molecule has 0 bridgehead atoms. The SMILES string of the molecule is C[O][In]([CH3])[O]C. The summed E-state index contributed by atoms with van der Waals surface area (Å²) in [4.78, 5) is 0. The zero-order valence-corrected chi connectivity index (χ0v) is 7.69. The summed E-state index contributed by atoms with van der Waals surface area (Å²) >= 11 is -1.72. The van der Waals surface area contributed by atoms with E-state index in [1.165, 1.54) is 0 Å². The van der Waals surface area contributed by atoms with Gasteiger partial charge in [0.2, 0.25) is 0 Å². The van der Waals surface area contributed by atoms with Gasteiger partial charge in [-0.1, -0.05) is 0 Å². The molecule has 2 nitrogen and oxygen atoms in total. The van der Waals surface area contributed by atoms with Gasteiger partial charge < -0.3 is 0 Å². The summed E-state index contributed by atoms with van der Waals surface area (Å²) in [6, 6.07) is 0. The molecule has 0 unspecified atom stereocenters. The summed E-state index contributed by atoms with van der Waals surface area (Å²) in [5.41, 5.74) is 0. The third kappa shape index (κ3) is 3.00. The van der Waals surface area contributed by atoms with Crippen LogP contribution in [0.4, 0.5) is 0 Å². The Morgan fingerprint density at radius 1 is 1.17 bits per heavy atom. The second-order valence-corrected chi connectivity index (χ2v) is 6.97. The van der Waals surface area contributed by atoms with Crippen molar-refractivity contribution in [2.45, 2.75) is 4.68 Å². The van der Waals surface area contributed by atoms with Crippen LogP contribution in [0.5, 0.6) is 0 Å². The molecule has 0 radical (unpaired) electrons. The molecule has 0 saturated carbocycles. The molecule has 0 aliphatic heterocycles. The van der Waals surface area contributed by atoms with Crippen LogP contribution in [0.25, 0.3) is 0 Å². The molecule has 6 heavy (non-hydrogen) atoms. The predicted octanol–water partition coefficient (Wildman–Crippen LogP) is 0.397. The Labute approximate surface area is 47.2 Å². The third-order valence-electron chi connectivity index (χ3n) is 0.664. The number of rotatable bonds is 2. The summed E-state index contributed by atoms with van der Waals surface area (Å²) in [5.74, 6) is 0. The van der Waals surface area contributed by atoms with E-state index in [-0.39, 0.29) is 0 Å². The third-order valence-corrected chi connectivity index (χ3v) is 4.45. The Hall–Kier alpha value is 0.790. The van der Waals surface area contributed by atoms with Crippen LogP contribution < -0.4 is 0 Å². The van der Waals surface area contributed by atoms with Crippen molar-refractivity contribution in [1.82, 2.24) is 0 Å². The Morgan fingerprint density at radius 3 is 1.50 bits per heavy atom. The van der Waals surface area contributed by atoms with Crippen molar-refractivity contribution in [2.24, 2.45) is 0 Å². The molecule has 0 amide bonds. The maximum absolute atomic E-state index is 4.89. The van der Waals surface area contributed by atoms with Crippen molar-refractivity contribution >= 4 is 22.3 Å². The van der Waals surface area contributed by atoms with Gasteiger partial charge in [-0.15, -0.1) is 0 Å². The van der Waals surface area contributed by atoms with Gasteiger partial charge in [0.1, 0.15) is 0 Å². The molecule has 0 spiro atoms. The second kappa shape index (κ2) is 3.96. The van der Waals surface area contributed by atoms with E-state index in [0.717, 1.165) is 0 Å². The first-order chi connectivity index (χ1) is 2.81. The van der Waals surface area contributed by atoms with E-state index in [2.05, 4.69) is 0 Å². The van der Waals surface area contributed by atoms with E-state index in [1.54, 1.807) is 14.2 Å². The van der Waals surface area contributed by atoms with Crippen molar-refractivity contribution in [2.75, 3.05) is 14.2 Å². The molecule has 0 N–H and O–H groups in total. The van der Waals surface area contributed by atoms with Crippen molar-refractivity contribution in [3.8, 4) is 0 Å². The first-order valence-corrected chi connectivity index (χ1v) is 7.85. The van der Waals surface area contributed by atoms with E-state index >= 15 is 0 Å². The molecule has 0 aromatic heterocycles. The van der Waals surface area contributed by atoms with E-state index in [9.17, 15) is 0 Å². The molecule has 36 valence electrons. The summed E-state index contributed by atoms with van der Waals surface area (Å²) in [5, 5.41) is 0. The molecule has 0 aromatic rings. The monoisotopic (exact) mass is 192 g/mol. The molecule has 0 fully saturated rings. The Kier molecular flexibility index (Phi) is 4.48. The summed E-state index contributed by atoms with van der Waals surface area (Å²) in [7, 11) is 3.40. The van der Waals surface area contributed by atoms with E-state index < -0.39 is 22.3 Å². The molecule has 0 atom stereocenters. The predicted molar refractivity (Wildman–Crippen MR) is 25.6 cm³/mol. The van der Waals surface area contributed by atoms with Crippen LogP contribution in [-0.2, 0) is 5.71 Å². The number of hydrogen-bond acceptors (Lipinski definition) is 2. The molecule has 0 aliphatic carbocycles. The second-order valence-electron chi connectivity index (χ2n) is 1.04. The van der Waals surface area contributed by atoms with Gasteiger partial charge in [0, 0.05) is 0 Å². The molecule has 3 heteroatoms. The minimum atomic E-state index is -1.72. The van der Waals surface area contributed by atoms with Crippen LogP contribution in [0.3, 0.4) is 0 Å². The maximum atomic E-state index is 4.89. The van der Waals surface area contributed by atoms with E-state index in [1.807, 2.05) is 4.68 Å². The van der Waals surface area contributed by atoms with Gasteiger partial charge in [-0.2, -0.15) is 0 Å². The molecular formula is C3H9InO2. The molecule has 0 saturated heterocycles. The van der Waals surface area contributed by atoms with Gasteiger partial charge in [0.25, 0.3) is 0 Å². The van der Waals surface area contributed by atoms with Gasteiger partial charge in [-0.05, 0) is 0 Å². The van der Waals surface area contributed by atoms with Gasteiger partial charge >= 0.3 is 46.9 Å². The topological polar surface area (TPSA) is 18.5 Å². The average Bonchev–Trinajstić information content (AvgIpc) is 1.65.